The third-order valence-corrected chi connectivity index (χ3v) is 4.20. The average Bonchev–Trinajstić information content (AvgIpc) is 2.52. The molecule has 1 saturated heterocycles. The van der Waals surface area contributed by atoms with Crippen LogP contribution in [0, 0.1) is 11.8 Å². The van der Waals surface area contributed by atoms with E-state index in [9.17, 15) is 14.7 Å². The molecule has 2 rings (SSSR count). The van der Waals surface area contributed by atoms with Gasteiger partial charge >= 0.3 is 5.97 Å². The number of benzene rings is 1. The Hall–Kier alpha value is -1.88. The number of nitrogens with one attached hydrogen (secondary N) is 1. The van der Waals surface area contributed by atoms with Crippen LogP contribution in [0.15, 0.2) is 30.3 Å². The van der Waals surface area contributed by atoms with Crippen molar-refractivity contribution in [3.63, 3.8) is 0 Å². The van der Waals surface area contributed by atoms with E-state index in [0.29, 0.717) is 19.4 Å². The maximum Gasteiger partial charge on any atom is 0.308 e. The predicted molar refractivity (Wildman–Crippen MR) is 82.3 cm³/mol. The summed E-state index contributed by atoms with van der Waals surface area (Å²) in [6, 6.07) is 8.73. The summed E-state index contributed by atoms with van der Waals surface area (Å²) < 4.78 is 5.46. The van der Waals surface area contributed by atoms with Gasteiger partial charge in [-0.25, -0.2) is 0 Å². The van der Waals surface area contributed by atoms with Gasteiger partial charge in [0.15, 0.2) is 0 Å². The fraction of sp³-hybridized carbons (Fsp3) is 0.529. The quantitative estimate of drug-likeness (QED) is 0.876. The van der Waals surface area contributed by atoms with Crippen LogP contribution >= 0.6 is 0 Å². The van der Waals surface area contributed by atoms with Gasteiger partial charge in [0.1, 0.15) is 0 Å². The topological polar surface area (TPSA) is 75.6 Å². The first-order chi connectivity index (χ1) is 10.5. The van der Waals surface area contributed by atoms with E-state index in [0.717, 1.165) is 5.56 Å². The van der Waals surface area contributed by atoms with E-state index in [1.165, 1.54) is 0 Å². The van der Waals surface area contributed by atoms with Crippen LogP contribution in [-0.2, 0) is 14.3 Å². The summed E-state index contributed by atoms with van der Waals surface area (Å²) in [5, 5.41) is 12.2. The highest BCUT2D eigenvalue weighted by molar-refractivity contribution is 5.80. The molecule has 4 atom stereocenters. The number of carboxylic acid groups (broad SMARTS) is 1. The average molecular weight is 305 g/mol. The lowest BCUT2D eigenvalue weighted by molar-refractivity contribution is -0.143. The van der Waals surface area contributed by atoms with Crippen molar-refractivity contribution in [2.24, 2.45) is 11.8 Å². The normalized spacial score (nSPS) is 24.3. The third-order valence-electron chi connectivity index (χ3n) is 4.20. The first-order valence-corrected chi connectivity index (χ1v) is 7.68. The molecule has 1 aromatic rings. The molecule has 0 radical (unpaired) electrons. The summed E-state index contributed by atoms with van der Waals surface area (Å²) in [4.78, 5) is 23.8. The van der Waals surface area contributed by atoms with Gasteiger partial charge in [-0.1, -0.05) is 30.3 Å². The van der Waals surface area contributed by atoms with Crippen LogP contribution in [0.5, 0.6) is 0 Å². The third kappa shape index (κ3) is 4.07. The van der Waals surface area contributed by atoms with E-state index in [1.807, 2.05) is 37.3 Å². The summed E-state index contributed by atoms with van der Waals surface area (Å²) in [6.45, 7) is 4.14. The molecule has 1 aliphatic heterocycles. The summed E-state index contributed by atoms with van der Waals surface area (Å²) in [5.74, 6) is -1.81. The zero-order valence-electron chi connectivity index (χ0n) is 13.0. The monoisotopic (exact) mass is 305 g/mol. The van der Waals surface area contributed by atoms with Gasteiger partial charge in [-0.15, -0.1) is 0 Å². The number of aliphatic carboxylic acids is 1. The molecule has 1 aromatic carbocycles. The molecule has 2 N–H and O–H groups in total. The van der Waals surface area contributed by atoms with Gasteiger partial charge in [0.05, 0.1) is 18.1 Å². The summed E-state index contributed by atoms with van der Waals surface area (Å²) in [6.07, 6.45) is 1.42. The maximum absolute atomic E-state index is 12.5. The molecule has 0 bridgehead atoms. The lowest BCUT2D eigenvalue weighted by Crippen LogP contribution is -2.41. The van der Waals surface area contributed by atoms with Gasteiger partial charge in [-0.3, -0.25) is 9.59 Å². The second-order valence-electron chi connectivity index (χ2n) is 5.93. The number of amides is 1. The van der Waals surface area contributed by atoms with Crippen molar-refractivity contribution in [1.82, 2.24) is 5.32 Å². The van der Waals surface area contributed by atoms with Crippen LogP contribution in [0.3, 0.4) is 0 Å². The fourth-order valence-corrected chi connectivity index (χ4v) is 2.81. The SMILES string of the molecule is CC1CC(C(=O)NC(c2ccccc2)C(C)C(=O)O)CCO1. The number of carbonyl (C=O) groups is 2. The van der Waals surface area contributed by atoms with Crippen molar-refractivity contribution in [2.75, 3.05) is 6.61 Å². The van der Waals surface area contributed by atoms with Crippen LogP contribution in [0.4, 0.5) is 0 Å². The minimum absolute atomic E-state index is 0.0663. The second-order valence-corrected chi connectivity index (χ2v) is 5.93. The molecule has 0 saturated carbocycles. The Labute approximate surface area is 130 Å². The summed E-state index contributed by atoms with van der Waals surface area (Å²) in [5.41, 5.74) is 0.811. The lowest BCUT2D eigenvalue weighted by Gasteiger charge is -2.29. The van der Waals surface area contributed by atoms with Crippen LogP contribution in [0.1, 0.15) is 38.3 Å². The molecule has 0 aliphatic carbocycles. The maximum atomic E-state index is 12.5. The van der Waals surface area contributed by atoms with Crippen LogP contribution in [0.25, 0.3) is 0 Å². The molecule has 1 amide bonds. The van der Waals surface area contributed by atoms with Gasteiger partial charge in [0, 0.05) is 12.5 Å². The van der Waals surface area contributed by atoms with Gasteiger partial charge in [-0.05, 0) is 32.3 Å². The van der Waals surface area contributed by atoms with Gasteiger partial charge in [-0.2, -0.15) is 0 Å². The molecule has 4 unspecified atom stereocenters. The molecule has 0 spiro atoms. The number of rotatable bonds is 5. The van der Waals surface area contributed by atoms with Crippen molar-refractivity contribution < 1.29 is 19.4 Å². The molecule has 1 heterocycles. The number of hydrogen-bond acceptors (Lipinski definition) is 3. The minimum Gasteiger partial charge on any atom is -0.481 e. The molecule has 5 heteroatoms. The first kappa shape index (κ1) is 16.5. The Morgan fingerprint density at radius 1 is 1.32 bits per heavy atom. The van der Waals surface area contributed by atoms with E-state index in [-0.39, 0.29) is 17.9 Å². The molecule has 1 fully saturated rings. The first-order valence-electron chi connectivity index (χ1n) is 7.68. The molecule has 1 aliphatic rings. The van der Waals surface area contributed by atoms with Crippen LogP contribution < -0.4 is 5.32 Å². The highest BCUT2D eigenvalue weighted by Crippen LogP contribution is 2.25. The molecule has 5 nitrogen and oxygen atoms in total. The van der Waals surface area contributed by atoms with E-state index in [1.54, 1.807) is 6.92 Å². The Balaban J connectivity index is 2.12. The standard InChI is InChI=1S/C17H23NO4/c1-11-10-14(8-9-22-11)16(19)18-15(12(2)17(20)21)13-6-4-3-5-7-13/h3-7,11-12,14-15H,8-10H2,1-2H3,(H,18,19)(H,20,21). The second kappa shape index (κ2) is 7.40. The predicted octanol–water partition coefficient (Wildman–Crippen LogP) is 2.38. The van der Waals surface area contributed by atoms with Gasteiger partial charge in [0.2, 0.25) is 5.91 Å². The van der Waals surface area contributed by atoms with Crippen LogP contribution in [-0.4, -0.2) is 29.7 Å². The van der Waals surface area contributed by atoms with Crippen molar-refractivity contribution >= 4 is 11.9 Å². The Morgan fingerprint density at radius 2 is 2.00 bits per heavy atom. The molecular weight excluding hydrogens is 282 g/mol. The molecule has 22 heavy (non-hydrogen) atoms. The van der Waals surface area contributed by atoms with Crippen molar-refractivity contribution in [3.05, 3.63) is 35.9 Å². The zero-order chi connectivity index (χ0) is 16.1. The fourth-order valence-electron chi connectivity index (χ4n) is 2.81. The number of carboxylic acids is 1. The molecular formula is C17H23NO4. The van der Waals surface area contributed by atoms with E-state index in [2.05, 4.69) is 5.32 Å². The van der Waals surface area contributed by atoms with Gasteiger partial charge < -0.3 is 15.2 Å². The minimum atomic E-state index is -0.922. The Bertz CT molecular complexity index is 517. The number of ether oxygens (including phenoxy) is 1. The van der Waals surface area contributed by atoms with Crippen molar-refractivity contribution in [1.29, 1.82) is 0 Å². The van der Waals surface area contributed by atoms with Crippen molar-refractivity contribution in [2.45, 2.75) is 38.8 Å². The highest BCUT2D eigenvalue weighted by atomic mass is 16.5. The van der Waals surface area contributed by atoms with E-state index >= 15 is 0 Å². The van der Waals surface area contributed by atoms with E-state index in [4.69, 9.17) is 4.74 Å². The molecule has 120 valence electrons. The molecule has 0 aromatic heterocycles. The Kier molecular flexibility index (Phi) is 5.55. The smallest absolute Gasteiger partial charge is 0.308 e. The summed E-state index contributed by atoms with van der Waals surface area (Å²) in [7, 11) is 0. The van der Waals surface area contributed by atoms with E-state index < -0.39 is 17.9 Å². The lowest BCUT2D eigenvalue weighted by atomic mass is 9.91. The largest absolute Gasteiger partial charge is 0.481 e. The van der Waals surface area contributed by atoms with Crippen molar-refractivity contribution in [3.8, 4) is 0 Å². The van der Waals surface area contributed by atoms with Gasteiger partial charge in [0.25, 0.3) is 0 Å². The number of carbonyl (C=O) groups excluding carboxylic acids is 1. The number of hydrogen-bond donors (Lipinski definition) is 2. The Morgan fingerprint density at radius 3 is 2.59 bits per heavy atom. The zero-order valence-corrected chi connectivity index (χ0v) is 13.0. The summed E-state index contributed by atoms with van der Waals surface area (Å²) >= 11 is 0. The van der Waals surface area contributed by atoms with Crippen LogP contribution in [0.2, 0.25) is 0 Å². The highest BCUT2D eigenvalue weighted by Gasteiger charge is 2.31.